The number of nitrogens with zero attached hydrogens (tertiary/aromatic N) is 2. The van der Waals surface area contributed by atoms with E-state index >= 15 is 0 Å². The average molecular weight is 2130 g/mol. The molecule has 0 saturated heterocycles. The van der Waals surface area contributed by atoms with Crippen LogP contribution in [0, 0.1) is 0 Å². The van der Waals surface area contributed by atoms with Crippen LogP contribution in [0.15, 0.2) is 24.3 Å². The number of nitrogens with two attached hydrogens (primary N) is 4. The maximum absolute atomic E-state index is 14.0. The number of carbonyl (C=O) groups excluding carboxylic acids is 10. The normalized spacial score (nSPS) is 12.2. The van der Waals surface area contributed by atoms with Gasteiger partial charge in [-0.25, -0.2) is 10.3 Å². The van der Waals surface area contributed by atoms with E-state index in [1.807, 2.05) is 0 Å². The van der Waals surface area contributed by atoms with Gasteiger partial charge in [0.2, 0.25) is 41.4 Å². The number of benzene rings is 1. The van der Waals surface area contributed by atoms with Crippen molar-refractivity contribution < 1.29 is 209 Å². The Kier molecular flexibility index (Phi) is 94.5. The third-order valence-electron chi connectivity index (χ3n) is 19.9. The Bertz CT molecular complexity index is 3270. The molecule has 0 atom stereocenters. The van der Waals surface area contributed by atoms with Gasteiger partial charge in [0.15, 0.2) is 0 Å². The van der Waals surface area contributed by atoms with E-state index < -0.39 is 41.0 Å². The molecule has 52 heteroatoms. The van der Waals surface area contributed by atoms with Crippen LogP contribution >= 0.6 is 0 Å². The predicted octanol–water partition coefficient (Wildman–Crippen LogP) is -3.13. The van der Waals surface area contributed by atoms with Crippen molar-refractivity contribution in [1.29, 1.82) is 0 Å². The van der Waals surface area contributed by atoms with Crippen molar-refractivity contribution >= 4 is 59.1 Å². The van der Waals surface area contributed by atoms with Crippen molar-refractivity contribution in [3.63, 3.8) is 0 Å². The second-order valence-electron chi connectivity index (χ2n) is 31.7. The molecule has 1 heterocycles. The molecule has 1 aromatic carbocycles. The van der Waals surface area contributed by atoms with E-state index in [9.17, 15) is 47.9 Å². The first-order valence-corrected chi connectivity index (χ1v) is 50.3. The Morgan fingerprint density at radius 2 is 0.483 bits per heavy atom. The van der Waals surface area contributed by atoms with Crippen LogP contribution in [0.1, 0.15) is 72.1 Å². The number of hydrogen-bond donors (Lipinski definition) is 7. The SMILES string of the molecule is COCCOCCOCCNC(=O)CCOCC[N+](CCOCCC(N)=O)(CCOCCC(N)=O)C(=O)CCOCCOCCOCCOCCOCCOCCOCCOCCOCCOCCOCCONC(=O)CCOCC(COCCC(N)=O)(COCCC(N)=O)NC(=O)CCOCCOCCOCCOCCOCCOCCOCCOCCOCCOCCOCCOCCN1C(=O)c2ccccc2C1=O. The van der Waals surface area contributed by atoms with Crippen LogP contribution in [0.5, 0.6) is 0 Å². The monoisotopic (exact) mass is 2130 g/mol. The number of imide groups is 1. The van der Waals surface area contributed by atoms with E-state index in [0.29, 0.717) is 295 Å². The molecule has 52 nitrogen and oxygen atoms in total. The average Bonchev–Trinajstić information content (AvgIpc) is 1.64. The van der Waals surface area contributed by atoms with E-state index in [1.54, 1.807) is 31.4 Å². The number of carbonyl (C=O) groups is 10. The standard InChI is InChI=1S/C95H171N9O43/c1-115-32-33-123-40-36-121-27-14-100-89(109)10-23-118-31-18-104(16-29-116-19-6-85(96)105,17-30-117-20-7-86(97)106)92(112)13-26-120-35-39-125-43-46-128-49-52-131-55-58-134-61-64-137-68-69-139-70-71-140-72-73-141-74-75-142-76-77-143-78-79-147-102-91(111)12-25-146-82-95(80-144-21-8-87(98)107,81-145-22-9-88(99)108)101-90(110)11-24-119-34-38-124-42-45-127-48-51-130-54-57-133-60-63-136-66-67-138-65-62-135-59-56-132-53-50-129-47-44-126-41-37-122-28-15-103-93(113)83-4-2-3-5-84(83)94(103)114/h2-5H,6-82H2,1H3,(H10-,96,97,98,99,100,101,102,105,106,107,108,109,110,111)/p+1. The summed E-state index contributed by atoms with van der Waals surface area (Å²) in [4.78, 5) is 129. The summed E-state index contributed by atoms with van der Waals surface area (Å²) in [7, 11) is 1.59. The summed E-state index contributed by atoms with van der Waals surface area (Å²) in [6.07, 6.45) is -0.200. The number of nitrogens with one attached hydrogen (secondary N) is 3. The number of amides is 10. The van der Waals surface area contributed by atoms with Crippen molar-refractivity contribution in [3.05, 3.63) is 35.4 Å². The van der Waals surface area contributed by atoms with Gasteiger partial charge >= 0.3 is 5.91 Å². The third-order valence-corrected chi connectivity index (χ3v) is 19.9. The summed E-state index contributed by atoms with van der Waals surface area (Å²) in [5.74, 6) is -4.15. The van der Waals surface area contributed by atoms with Crippen molar-refractivity contribution in [2.24, 2.45) is 22.9 Å². The lowest BCUT2D eigenvalue weighted by atomic mass is 10.0. The van der Waals surface area contributed by atoms with Crippen molar-refractivity contribution in [2.75, 3.05) is 463 Å². The molecule has 0 saturated carbocycles. The van der Waals surface area contributed by atoms with Crippen LogP contribution in [0.4, 0.5) is 0 Å². The number of primary amides is 4. The van der Waals surface area contributed by atoms with Crippen LogP contribution in [-0.2, 0) is 195 Å². The van der Waals surface area contributed by atoms with Gasteiger partial charge < -0.3 is 185 Å². The Hall–Kier alpha value is -7.04. The molecule has 11 N–H and O–H groups in total. The number of quaternary nitrogens is 1. The highest BCUT2D eigenvalue weighted by Crippen LogP contribution is 2.22. The topological polar surface area (TPSA) is 619 Å². The molecule has 0 unspecified atom stereocenters. The van der Waals surface area contributed by atoms with E-state index in [1.165, 1.54) is 4.90 Å². The number of hydroxylamine groups is 1. The number of ether oxygens (including phenoxy) is 32. The van der Waals surface area contributed by atoms with Gasteiger partial charge in [-0.05, 0) is 12.1 Å². The molecular weight excluding hydrogens is 1960 g/mol. The summed E-state index contributed by atoms with van der Waals surface area (Å²) in [5.41, 5.74) is 23.0. The Morgan fingerprint density at radius 3 is 0.776 bits per heavy atom. The molecular formula is C95H172N9O43+. The highest BCUT2D eigenvalue weighted by molar-refractivity contribution is 6.21. The van der Waals surface area contributed by atoms with Crippen LogP contribution in [0.25, 0.3) is 0 Å². The summed E-state index contributed by atoms with van der Waals surface area (Å²) in [6.45, 7) is 19.2. The lowest BCUT2D eigenvalue weighted by Gasteiger charge is -2.36. The molecule has 0 fully saturated rings. The largest absolute Gasteiger partial charge is 0.382 e. The second kappa shape index (κ2) is 102. The highest BCUT2D eigenvalue weighted by atomic mass is 16.7. The zero-order chi connectivity index (χ0) is 106. The number of hydrogen-bond acceptors (Lipinski definition) is 43. The van der Waals surface area contributed by atoms with Gasteiger partial charge in [-0.1, -0.05) is 12.1 Å². The summed E-state index contributed by atoms with van der Waals surface area (Å²) in [6, 6.07) is 6.77. The van der Waals surface area contributed by atoms with E-state index in [4.69, 9.17) is 179 Å². The fourth-order valence-electron chi connectivity index (χ4n) is 12.2. The lowest BCUT2D eigenvalue weighted by molar-refractivity contribution is -0.856. The molecule has 147 heavy (non-hydrogen) atoms. The van der Waals surface area contributed by atoms with Crippen molar-refractivity contribution in [2.45, 2.75) is 56.9 Å². The summed E-state index contributed by atoms with van der Waals surface area (Å²) >= 11 is 0. The lowest BCUT2D eigenvalue weighted by Crippen LogP contribution is -2.59. The number of fused-ring (bicyclic) bond motifs is 1. The van der Waals surface area contributed by atoms with Crippen LogP contribution in [0.3, 0.4) is 0 Å². The molecule has 0 aliphatic carbocycles. The van der Waals surface area contributed by atoms with Gasteiger partial charge in [0.05, 0.1) is 453 Å². The Labute approximate surface area is 863 Å². The van der Waals surface area contributed by atoms with Gasteiger partial charge in [0.25, 0.3) is 11.8 Å². The fraction of sp³-hybridized carbons (Fsp3) is 0.832. The number of methoxy groups -OCH3 is 1. The molecule has 854 valence electrons. The molecule has 2 rings (SSSR count). The van der Waals surface area contributed by atoms with Crippen LogP contribution < -0.4 is 39.0 Å². The van der Waals surface area contributed by atoms with E-state index in [2.05, 4.69) is 16.1 Å². The minimum Gasteiger partial charge on any atom is -0.382 e. The Morgan fingerprint density at radius 1 is 0.259 bits per heavy atom. The second-order valence-corrected chi connectivity index (χ2v) is 31.7. The molecule has 0 aromatic heterocycles. The molecule has 0 spiro atoms. The first-order valence-electron chi connectivity index (χ1n) is 50.3. The minimum absolute atomic E-state index is 0.0196. The van der Waals surface area contributed by atoms with Crippen LogP contribution in [-0.4, -0.2) is 537 Å². The molecule has 1 aliphatic heterocycles. The summed E-state index contributed by atoms with van der Waals surface area (Å²) in [5, 5.41) is 5.67. The maximum Gasteiger partial charge on any atom is 0.316 e. The first-order chi connectivity index (χ1) is 71.9. The van der Waals surface area contributed by atoms with E-state index in [-0.39, 0.29) is 251 Å². The number of rotatable bonds is 119. The van der Waals surface area contributed by atoms with Gasteiger partial charge in [-0.2, -0.15) is 0 Å². The molecule has 1 aliphatic rings. The molecule has 10 amide bonds. The summed E-state index contributed by atoms with van der Waals surface area (Å²) < 4.78 is 178. The Balaban J connectivity index is 1.39. The fourth-order valence-corrected chi connectivity index (χ4v) is 12.2. The van der Waals surface area contributed by atoms with Gasteiger partial charge in [0.1, 0.15) is 25.2 Å². The smallest absolute Gasteiger partial charge is 0.316 e. The quantitative estimate of drug-likeness (QED) is 0.0147. The third kappa shape index (κ3) is 86.1. The van der Waals surface area contributed by atoms with Gasteiger partial charge in [0, 0.05) is 52.2 Å². The molecule has 1 aromatic rings. The van der Waals surface area contributed by atoms with Crippen molar-refractivity contribution in [1.82, 2.24) is 21.0 Å². The maximum atomic E-state index is 14.0. The zero-order valence-corrected chi connectivity index (χ0v) is 86.5. The van der Waals surface area contributed by atoms with Crippen molar-refractivity contribution in [3.8, 4) is 0 Å². The minimum atomic E-state index is -1.34. The highest BCUT2D eigenvalue weighted by Gasteiger charge is 2.38. The van der Waals surface area contributed by atoms with Gasteiger partial charge in [-0.3, -0.25) is 57.4 Å². The van der Waals surface area contributed by atoms with Crippen LogP contribution in [0.2, 0.25) is 0 Å². The zero-order valence-electron chi connectivity index (χ0n) is 86.5. The first kappa shape index (κ1) is 136. The molecule has 0 radical (unpaired) electrons. The molecule has 0 bridgehead atoms. The van der Waals surface area contributed by atoms with Gasteiger partial charge in [-0.15, -0.1) is 0 Å². The van der Waals surface area contributed by atoms with E-state index in [0.717, 1.165) is 0 Å². The predicted molar refractivity (Wildman–Crippen MR) is 521 cm³/mol.